The average Bonchev–Trinajstić information content (AvgIpc) is 2.74. The van der Waals surface area contributed by atoms with E-state index in [1.807, 2.05) is 16.5 Å². The van der Waals surface area contributed by atoms with Crippen molar-refractivity contribution in [1.82, 2.24) is 19.7 Å². The van der Waals surface area contributed by atoms with E-state index in [9.17, 15) is 4.79 Å². The van der Waals surface area contributed by atoms with Crippen molar-refractivity contribution in [2.75, 3.05) is 13.1 Å². The van der Waals surface area contributed by atoms with E-state index in [0.29, 0.717) is 5.92 Å². The monoisotopic (exact) mass is 220 g/mol. The van der Waals surface area contributed by atoms with Crippen LogP contribution in [0.2, 0.25) is 0 Å². The fourth-order valence-electron chi connectivity index (χ4n) is 2.18. The summed E-state index contributed by atoms with van der Waals surface area (Å²) >= 11 is 0. The Morgan fingerprint density at radius 1 is 1.69 bits per heavy atom. The molecule has 16 heavy (non-hydrogen) atoms. The molecular formula is C11H16N4O. The highest BCUT2D eigenvalue weighted by Gasteiger charge is 2.26. The van der Waals surface area contributed by atoms with Gasteiger partial charge in [-0.2, -0.15) is 0 Å². The summed E-state index contributed by atoms with van der Waals surface area (Å²) in [5.41, 5.74) is 0. The molecule has 1 aromatic heterocycles. The molecule has 1 unspecified atom stereocenters. The number of piperidine rings is 1. The van der Waals surface area contributed by atoms with Gasteiger partial charge < -0.3 is 9.47 Å². The lowest BCUT2D eigenvalue weighted by Crippen LogP contribution is -2.38. The van der Waals surface area contributed by atoms with Crippen molar-refractivity contribution in [2.45, 2.75) is 18.8 Å². The van der Waals surface area contributed by atoms with E-state index in [1.54, 1.807) is 6.33 Å². The van der Waals surface area contributed by atoms with Gasteiger partial charge in [-0.05, 0) is 18.9 Å². The molecule has 1 aromatic rings. The van der Waals surface area contributed by atoms with Crippen molar-refractivity contribution in [3.05, 3.63) is 24.8 Å². The average molecular weight is 220 g/mol. The van der Waals surface area contributed by atoms with Gasteiger partial charge in [-0.3, -0.25) is 4.79 Å². The molecule has 0 aromatic carbocycles. The molecule has 0 spiro atoms. The third-order valence-electron chi connectivity index (χ3n) is 3.02. The molecule has 1 amide bonds. The van der Waals surface area contributed by atoms with E-state index in [4.69, 9.17) is 0 Å². The fraction of sp³-hybridized carbons (Fsp3) is 0.545. The van der Waals surface area contributed by atoms with Crippen LogP contribution in [0, 0.1) is 0 Å². The molecule has 0 bridgehead atoms. The number of nitrogens with zero attached hydrogens (tertiary/aromatic N) is 4. The third-order valence-corrected chi connectivity index (χ3v) is 3.02. The molecule has 0 N–H and O–H groups in total. The van der Waals surface area contributed by atoms with E-state index in [1.165, 1.54) is 6.08 Å². The molecule has 1 saturated heterocycles. The van der Waals surface area contributed by atoms with Crippen molar-refractivity contribution >= 4 is 5.91 Å². The van der Waals surface area contributed by atoms with Crippen LogP contribution in [0.15, 0.2) is 19.0 Å². The predicted molar refractivity (Wildman–Crippen MR) is 59.8 cm³/mol. The standard InChI is InChI=1S/C11H16N4O/c1-3-10(16)15-6-4-5-9(7-15)11-13-12-8-14(11)2/h3,8-9H,1,4-7H2,2H3. The van der Waals surface area contributed by atoms with Crippen LogP contribution >= 0.6 is 0 Å². The third kappa shape index (κ3) is 1.98. The highest BCUT2D eigenvalue weighted by atomic mass is 16.2. The number of aryl methyl sites for hydroxylation is 1. The summed E-state index contributed by atoms with van der Waals surface area (Å²) in [6, 6.07) is 0. The second kappa shape index (κ2) is 4.47. The topological polar surface area (TPSA) is 51.0 Å². The molecule has 0 saturated carbocycles. The molecule has 1 aliphatic rings. The number of aromatic nitrogens is 3. The van der Waals surface area contributed by atoms with Gasteiger partial charge in [0.2, 0.25) is 5.91 Å². The number of amides is 1. The van der Waals surface area contributed by atoms with Gasteiger partial charge in [-0.25, -0.2) is 0 Å². The molecular weight excluding hydrogens is 204 g/mol. The quantitative estimate of drug-likeness (QED) is 0.690. The Morgan fingerprint density at radius 3 is 3.12 bits per heavy atom. The fourth-order valence-corrected chi connectivity index (χ4v) is 2.18. The molecule has 1 aliphatic heterocycles. The van der Waals surface area contributed by atoms with Crippen LogP contribution in [0.4, 0.5) is 0 Å². The van der Waals surface area contributed by atoms with Crippen molar-refractivity contribution in [1.29, 1.82) is 0 Å². The number of hydrogen-bond acceptors (Lipinski definition) is 3. The lowest BCUT2D eigenvalue weighted by molar-refractivity contribution is -0.127. The SMILES string of the molecule is C=CC(=O)N1CCCC(c2nncn2C)C1. The zero-order valence-corrected chi connectivity index (χ0v) is 9.46. The van der Waals surface area contributed by atoms with E-state index in [2.05, 4.69) is 16.8 Å². The smallest absolute Gasteiger partial charge is 0.245 e. The molecule has 1 atom stereocenters. The summed E-state index contributed by atoms with van der Waals surface area (Å²) in [5.74, 6) is 1.26. The summed E-state index contributed by atoms with van der Waals surface area (Å²) in [4.78, 5) is 13.4. The molecule has 2 heterocycles. The summed E-state index contributed by atoms with van der Waals surface area (Å²) in [5, 5.41) is 7.98. The lowest BCUT2D eigenvalue weighted by atomic mass is 9.97. The Balaban J connectivity index is 2.10. The number of hydrogen-bond donors (Lipinski definition) is 0. The Morgan fingerprint density at radius 2 is 2.50 bits per heavy atom. The molecule has 5 nitrogen and oxygen atoms in total. The number of rotatable bonds is 2. The second-order valence-corrected chi connectivity index (χ2v) is 4.13. The van der Waals surface area contributed by atoms with E-state index < -0.39 is 0 Å². The molecule has 0 aliphatic carbocycles. The zero-order chi connectivity index (χ0) is 11.5. The molecule has 1 fully saturated rings. The predicted octanol–water partition coefficient (Wildman–Crippen LogP) is 0.707. The number of carbonyl (C=O) groups is 1. The van der Waals surface area contributed by atoms with Crippen molar-refractivity contribution in [3.63, 3.8) is 0 Å². The Bertz CT molecular complexity index is 398. The molecule has 86 valence electrons. The van der Waals surface area contributed by atoms with Crippen LogP contribution in [-0.2, 0) is 11.8 Å². The van der Waals surface area contributed by atoms with Gasteiger partial charge in [0.05, 0.1) is 0 Å². The Kier molecular flexibility index (Phi) is 3.03. The van der Waals surface area contributed by atoms with Crippen LogP contribution in [-0.4, -0.2) is 38.7 Å². The van der Waals surface area contributed by atoms with Crippen LogP contribution in [0.5, 0.6) is 0 Å². The maximum absolute atomic E-state index is 11.5. The Hall–Kier alpha value is -1.65. The first-order valence-corrected chi connectivity index (χ1v) is 5.47. The first kappa shape index (κ1) is 10.9. The maximum atomic E-state index is 11.5. The second-order valence-electron chi connectivity index (χ2n) is 4.13. The molecule has 2 rings (SSSR count). The van der Waals surface area contributed by atoms with Gasteiger partial charge in [0.15, 0.2) is 0 Å². The van der Waals surface area contributed by atoms with Gasteiger partial charge in [0.25, 0.3) is 0 Å². The number of carbonyl (C=O) groups excluding carboxylic acids is 1. The maximum Gasteiger partial charge on any atom is 0.245 e. The van der Waals surface area contributed by atoms with Gasteiger partial charge in [0, 0.05) is 26.1 Å². The molecule has 0 radical (unpaired) electrons. The van der Waals surface area contributed by atoms with E-state index in [-0.39, 0.29) is 5.91 Å². The minimum Gasteiger partial charge on any atom is -0.338 e. The van der Waals surface area contributed by atoms with Crippen molar-refractivity contribution < 1.29 is 4.79 Å². The molecule has 5 heteroatoms. The summed E-state index contributed by atoms with van der Waals surface area (Å²) in [6.07, 6.45) is 5.15. The normalized spacial score (nSPS) is 20.8. The zero-order valence-electron chi connectivity index (χ0n) is 9.46. The highest BCUT2D eigenvalue weighted by Crippen LogP contribution is 2.24. The first-order chi connectivity index (χ1) is 7.72. The lowest BCUT2D eigenvalue weighted by Gasteiger charge is -2.31. The minimum absolute atomic E-state index is 0.00636. The van der Waals surface area contributed by atoms with E-state index in [0.717, 1.165) is 31.8 Å². The van der Waals surface area contributed by atoms with Crippen LogP contribution in [0.25, 0.3) is 0 Å². The van der Waals surface area contributed by atoms with Gasteiger partial charge in [-0.15, -0.1) is 10.2 Å². The number of likely N-dealkylation sites (tertiary alicyclic amines) is 1. The van der Waals surface area contributed by atoms with Gasteiger partial charge in [-0.1, -0.05) is 6.58 Å². The largest absolute Gasteiger partial charge is 0.338 e. The van der Waals surface area contributed by atoms with E-state index >= 15 is 0 Å². The first-order valence-electron chi connectivity index (χ1n) is 5.47. The summed E-state index contributed by atoms with van der Waals surface area (Å²) in [6.45, 7) is 5.06. The van der Waals surface area contributed by atoms with Crippen molar-refractivity contribution in [3.8, 4) is 0 Å². The Labute approximate surface area is 94.8 Å². The summed E-state index contributed by atoms with van der Waals surface area (Å²) < 4.78 is 1.92. The van der Waals surface area contributed by atoms with Crippen LogP contribution < -0.4 is 0 Å². The van der Waals surface area contributed by atoms with Crippen molar-refractivity contribution in [2.24, 2.45) is 7.05 Å². The minimum atomic E-state index is 0.00636. The van der Waals surface area contributed by atoms with Crippen LogP contribution in [0.1, 0.15) is 24.6 Å². The van der Waals surface area contributed by atoms with Gasteiger partial charge in [0.1, 0.15) is 12.2 Å². The van der Waals surface area contributed by atoms with Crippen LogP contribution in [0.3, 0.4) is 0 Å². The van der Waals surface area contributed by atoms with Gasteiger partial charge >= 0.3 is 0 Å². The summed E-state index contributed by atoms with van der Waals surface area (Å²) in [7, 11) is 1.93. The highest BCUT2D eigenvalue weighted by molar-refractivity contribution is 5.87.